The molecule has 4 nitrogen and oxygen atoms in total. The number of hydrogen-bond acceptors (Lipinski definition) is 3. The van der Waals surface area contributed by atoms with E-state index in [1.807, 2.05) is 55.5 Å². The largest absolute Gasteiger partial charge is 0.493 e. The SMILES string of the molecule is COc1cc(C)ccc1OCCNC(=O)Cc1ccccc1. The lowest BCUT2D eigenvalue weighted by Crippen LogP contribution is -2.29. The van der Waals surface area contributed by atoms with E-state index >= 15 is 0 Å². The molecule has 0 aromatic heterocycles. The Morgan fingerprint density at radius 2 is 1.86 bits per heavy atom. The Morgan fingerprint density at radius 3 is 2.59 bits per heavy atom. The van der Waals surface area contributed by atoms with Crippen molar-refractivity contribution in [2.75, 3.05) is 20.3 Å². The maximum atomic E-state index is 11.8. The Bertz CT molecular complexity index is 611. The molecule has 4 heteroatoms. The van der Waals surface area contributed by atoms with Crippen LogP contribution in [0.15, 0.2) is 48.5 Å². The van der Waals surface area contributed by atoms with Crippen LogP contribution in [-0.2, 0) is 11.2 Å². The molecule has 2 aromatic carbocycles. The van der Waals surface area contributed by atoms with Gasteiger partial charge in [-0.25, -0.2) is 0 Å². The van der Waals surface area contributed by atoms with Crippen LogP contribution in [0.1, 0.15) is 11.1 Å². The van der Waals surface area contributed by atoms with Gasteiger partial charge in [0, 0.05) is 0 Å². The standard InChI is InChI=1S/C18H21NO3/c1-14-8-9-16(17(12-14)21-2)22-11-10-19-18(20)13-15-6-4-3-5-7-15/h3-9,12H,10-11,13H2,1-2H3,(H,19,20). The molecule has 0 fully saturated rings. The minimum atomic E-state index is -0.00864. The third-order valence-electron chi connectivity index (χ3n) is 3.21. The Morgan fingerprint density at radius 1 is 1.09 bits per heavy atom. The van der Waals surface area contributed by atoms with Gasteiger partial charge in [-0.3, -0.25) is 4.79 Å². The molecule has 0 atom stereocenters. The first-order valence-corrected chi connectivity index (χ1v) is 7.27. The Kier molecular flexibility index (Phi) is 5.83. The van der Waals surface area contributed by atoms with E-state index in [0.29, 0.717) is 31.1 Å². The zero-order valence-electron chi connectivity index (χ0n) is 13.0. The van der Waals surface area contributed by atoms with Gasteiger partial charge < -0.3 is 14.8 Å². The molecule has 22 heavy (non-hydrogen) atoms. The highest BCUT2D eigenvalue weighted by Gasteiger charge is 2.05. The third-order valence-corrected chi connectivity index (χ3v) is 3.21. The van der Waals surface area contributed by atoms with E-state index in [9.17, 15) is 4.79 Å². The lowest BCUT2D eigenvalue weighted by atomic mass is 10.1. The molecule has 0 radical (unpaired) electrons. The second kappa shape index (κ2) is 8.08. The first-order chi connectivity index (χ1) is 10.7. The first-order valence-electron chi connectivity index (χ1n) is 7.27. The number of methoxy groups -OCH3 is 1. The Balaban J connectivity index is 1.74. The molecular weight excluding hydrogens is 278 g/mol. The number of carbonyl (C=O) groups excluding carboxylic acids is 1. The number of aryl methyl sites for hydroxylation is 1. The summed E-state index contributed by atoms with van der Waals surface area (Å²) < 4.78 is 10.9. The summed E-state index contributed by atoms with van der Waals surface area (Å²) in [5, 5.41) is 2.85. The van der Waals surface area contributed by atoms with E-state index in [2.05, 4.69) is 5.32 Å². The molecule has 0 saturated carbocycles. The molecule has 0 bridgehead atoms. The highest BCUT2D eigenvalue weighted by Crippen LogP contribution is 2.27. The molecule has 0 heterocycles. The van der Waals surface area contributed by atoms with Crippen LogP contribution in [0, 0.1) is 6.92 Å². The van der Waals surface area contributed by atoms with Crippen molar-refractivity contribution in [2.45, 2.75) is 13.3 Å². The summed E-state index contributed by atoms with van der Waals surface area (Å²) in [7, 11) is 1.61. The highest BCUT2D eigenvalue weighted by atomic mass is 16.5. The van der Waals surface area contributed by atoms with Crippen molar-refractivity contribution < 1.29 is 14.3 Å². The molecule has 2 rings (SSSR count). The van der Waals surface area contributed by atoms with E-state index in [1.54, 1.807) is 7.11 Å². The Labute approximate surface area is 131 Å². The normalized spacial score (nSPS) is 10.1. The molecule has 2 aromatic rings. The zero-order chi connectivity index (χ0) is 15.8. The number of carbonyl (C=O) groups is 1. The van der Waals surface area contributed by atoms with Crippen LogP contribution in [0.25, 0.3) is 0 Å². The number of benzene rings is 2. The van der Waals surface area contributed by atoms with Gasteiger partial charge in [0.15, 0.2) is 11.5 Å². The van der Waals surface area contributed by atoms with Gasteiger partial charge >= 0.3 is 0 Å². The monoisotopic (exact) mass is 299 g/mol. The molecule has 0 aliphatic carbocycles. The van der Waals surface area contributed by atoms with Crippen LogP contribution >= 0.6 is 0 Å². The van der Waals surface area contributed by atoms with Gasteiger partial charge in [0.25, 0.3) is 0 Å². The molecule has 116 valence electrons. The van der Waals surface area contributed by atoms with Gasteiger partial charge in [-0.05, 0) is 30.2 Å². The highest BCUT2D eigenvalue weighted by molar-refractivity contribution is 5.78. The van der Waals surface area contributed by atoms with E-state index in [1.165, 1.54) is 0 Å². The van der Waals surface area contributed by atoms with Gasteiger partial charge in [-0.2, -0.15) is 0 Å². The molecule has 0 spiro atoms. The molecule has 1 N–H and O–H groups in total. The van der Waals surface area contributed by atoms with Crippen molar-refractivity contribution >= 4 is 5.91 Å². The summed E-state index contributed by atoms with van der Waals surface area (Å²) in [6, 6.07) is 15.4. The van der Waals surface area contributed by atoms with Gasteiger partial charge in [-0.1, -0.05) is 36.4 Å². The van der Waals surface area contributed by atoms with Gasteiger partial charge in [0.2, 0.25) is 5.91 Å². The second-order valence-electron chi connectivity index (χ2n) is 5.02. The smallest absolute Gasteiger partial charge is 0.224 e. The molecule has 1 amide bonds. The lowest BCUT2D eigenvalue weighted by molar-refractivity contribution is -0.120. The van der Waals surface area contributed by atoms with E-state index in [4.69, 9.17) is 9.47 Å². The number of amides is 1. The molecule has 0 unspecified atom stereocenters. The fraction of sp³-hybridized carbons (Fsp3) is 0.278. The van der Waals surface area contributed by atoms with Crippen molar-refractivity contribution in [1.29, 1.82) is 0 Å². The zero-order valence-corrected chi connectivity index (χ0v) is 13.0. The van der Waals surface area contributed by atoms with Crippen molar-refractivity contribution in [2.24, 2.45) is 0 Å². The molecular formula is C18H21NO3. The van der Waals surface area contributed by atoms with Crippen LogP contribution in [-0.4, -0.2) is 26.2 Å². The fourth-order valence-electron chi connectivity index (χ4n) is 2.09. The quantitative estimate of drug-likeness (QED) is 0.800. The predicted molar refractivity (Wildman–Crippen MR) is 86.4 cm³/mol. The lowest BCUT2D eigenvalue weighted by Gasteiger charge is -2.11. The molecule has 0 saturated heterocycles. The summed E-state index contributed by atoms with van der Waals surface area (Å²) in [5.74, 6) is 1.38. The summed E-state index contributed by atoms with van der Waals surface area (Å²) in [4.78, 5) is 11.8. The van der Waals surface area contributed by atoms with Crippen LogP contribution in [0.2, 0.25) is 0 Å². The average Bonchev–Trinajstić information content (AvgIpc) is 2.53. The molecule has 0 aliphatic rings. The predicted octanol–water partition coefficient (Wildman–Crippen LogP) is 2.74. The third kappa shape index (κ3) is 4.81. The number of nitrogens with one attached hydrogen (secondary N) is 1. The number of hydrogen-bond donors (Lipinski definition) is 1. The maximum absolute atomic E-state index is 11.8. The van der Waals surface area contributed by atoms with Gasteiger partial charge in [-0.15, -0.1) is 0 Å². The second-order valence-corrected chi connectivity index (χ2v) is 5.02. The van der Waals surface area contributed by atoms with Gasteiger partial charge in [0.05, 0.1) is 20.1 Å². The topological polar surface area (TPSA) is 47.6 Å². The van der Waals surface area contributed by atoms with Crippen LogP contribution in [0.4, 0.5) is 0 Å². The average molecular weight is 299 g/mol. The summed E-state index contributed by atoms with van der Waals surface area (Å²) in [6.07, 6.45) is 0.384. The van der Waals surface area contributed by atoms with Crippen molar-refractivity contribution in [1.82, 2.24) is 5.32 Å². The van der Waals surface area contributed by atoms with E-state index < -0.39 is 0 Å². The fourth-order valence-corrected chi connectivity index (χ4v) is 2.09. The van der Waals surface area contributed by atoms with E-state index in [0.717, 1.165) is 11.1 Å². The Hall–Kier alpha value is -2.49. The molecule has 0 aliphatic heterocycles. The summed E-state index contributed by atoms with van der Waals surface area (Å²) in [5.41, 5.74) is 2.11. The van der Waals surface area contributed by atoms with Crippen molar-refractivity contribution in [3.8, 4) is 11.5 Å². The van der Waals surface area contributed by atoms with Crippen LogP contribution in [0.5, 0.6) is 11.5 Å². The van der Waals surface area contributed by atoms with Gasteiger partial charge in [0.1, 0.15) is 6.61 Å². The van der Waals surface area contributed by atoms with E-state index in [-0.39, 0.29) is 5.91 Å². The first kappa shape index (κ1) is 15.9. The summed E-state index contributed by atoms with van der Waals surface area (Å²) in [6.45, 7) is 2.86. The van der Waals surface area contributed by atoms with Crippen LogP contribution < -0.4 is 14.8 Å². The maximum Gasteiger partial charge on any atom is 0.224 e. The van der Waals surface area contributed by atoms with Crippen molar-refractivity contribution in [3.05, 3.63) is 59.7 Å². The number of ether oxygens (including phenoxy) is 2. The summed E-state index contributed by atoms with van der Waals surface area (Å²) >= 11 is 0. The van der Waals surface area contributed by atoms with Crippen molar-refractivity contribution in [3.63, 3.8) is 0 Å². The minimum Gasteiger partial charge on any atom is -0.493 e. The number of rotatable bonds is 7. The van der Waals surface area contributed by atoms with Crippen LogP contribution in [0.3, 0.4) is 0 Å². The minimum absolute atomic E-state index is 0.00864.